The number of hydrogen-bond acceptors (Lipinski definition) is 2. The first kappa shape index (κ1) is 15.6. The Morgan fingerprint density at radius 3 is 2.55 bits per heavy atom. The number of amides is 1. The van der Waals surface area contributed by atoms with Gasteiger partial charge in [-0.1, -0.05) is 43.1 Å². The number of halogens is 2. The smallest absolute Gasteiger partial charge is 0.225 e. The van der Waals surface area contributed by atoms with Crippen LogP contribution in [0.4, 0.5) is 0 Å². The summed E-state index contributed by atoms with van der Waals surface area (Å²) < 4.78 is 0. The van der Waals surface area contributed by atoms with E-state index in [1.54, 1.807) is 12.1 Å². The Labute approximate surface area is 139 Å². The van der Waals surface area contributed by atoms with Crippen LogP contribution in [0, 0.1) is 5.41 Å². The zero-order valence-corrected chi connectivity index (χ0v) is 14.0. The van der Waals surface area contributed by atoms with Gasteiger partial charge in [-0.2, -0.15) is 0 Å². The van der Waals surface area contributed by atoms with Crippen LogP contribution in [-0.4, -0.2) is 11.7 Å². The highest BCUT2D eigenvalue weighted by Gasteiger charge is 2.40. The molecule has 1 N–H and O–H groups in total. The second kappa shape index (κ2) is 5.39. The van der Waals surface area contributed by atoms with Gasteiger partial charge in [-0.15, -0.1) is 0 Å². The van der Waals surface area contributed by atoms with Crippen LogP contribution >= 0.6 is 23.2 Å². The summed E-state index contributed by atoms with van der Waals surface area (Å²) in [4.78, 5) is 24.7. The Balaban J connectivity index is 2.08. The van der Waals surface area contributed by atoms with Crippen LogP contribution < -0.4 is 5.32 Å². The minimum absolute atomic E-state index is 0.0553. The third kappa shape index (κ3) is 2.80. The van der Waals surface area contributed by atoms with Gasteiger partial charge in [0.05, 0.1) is 10.0 Å². The second-order valence-electron chi connectivity index (χ2n) is 6.81. The lowest BCUT2D eigenvalue weighted by atomic mass is 9.70. The molecule has 3 rings (SSSR count). The molecule has 0 fully saturated rings. The molecule has 1 aromatic carbocycles. The molecule has 1 aliphatic heterocycles. The molecule has 116 valence electrons. The summed E-state index contributed by atoms with van der Waals surface area (Å²) >= 11 is 12.1. The first-order valence-corrected chi connectivity index (χ1v) is 8.03. The molecule has 0 spiro atoms. The predicted molar refractivity (Wildman–Crippen MR) is 87.0 cm³/mol. The molecule has 1 unspecified atom stereocenters. The molecule has 1 atom stereocenters. The maximum atomic E-state index is 12.6. The minimum atomic E-state index is -0.234. The molecule has 22 heavy (non-hydrogen) atoms. The number of hydrogen-bond donors (Lipinski definition) is 1. The van der Waals surface area contributed by atoms with E-state index >= 15 is 0 Å². The van der Waals surface area contributed by atoms with Gasteiger partial charge in [-0.25, -0.2) is 0 Å². The number of carbonyl (C=O) groups is 2. The van der Waals surface area contributed by atoms with Crippen LogP contribution in [-0.2, 0) is 9.59 Å². The largest absolute Gasteiger partial charge is 0.329 e. The average Bonchev–Trinajstić information content (AvgIpc) is 2.39. The summed E-state index contributed by atoms with van der Waals surface area (Å²) in [6, 6.07) is 5.31. The van der Waals surface area contributed by atoms with E-state index in [-0.39, 0.29) is 29.4 Å². The van der Waals surface area contributed by atoms with Crippen molar-refractivity contribution in [3.05, 3.63) is 45.1 Å². The Kier molecular flexibility index (Phi) is 3.82. The third-order valence-electron chi connectivity index (χ3n) is 4.29. The van der Waals surface area contributed by atoms with Gasteiger partial charge in [0.15, 0.2) is 5.78 Å². The molecule has 0 bridgehead atoms. The van der Waals surface area contributed by atoms with E-state index in [9.17, 15) is 9.59 Å². The molecular formula is C17H17Cl2NO2. The van der Waals surface area contributed by atoms with Gasteiger partial charge in [-0.05, 0) is 29.5 Å². The van der Waals surface area contributed by atoms with Crippen LogP contribution in [0.2, 0.25) is 10.0 Å². The van der Waals surface area contributed by atoms with Gasteiger partial charge < -0.3 is 5.32 Å². The SMILES string of the molecule is CC1(C)CC(=O)C2=C(C1)NC(=O)CC2c1ccc(Cl)c(Cl)c1. The van der Waals surface area contributed by atoms with E-state index in [1.165, 1.54) is 0 Å². The fourth-order valence-corrected chi connectivity index (χ4v) is 3.68. The van der Waals surface area contributed by atoms with Crippen LogP contribution in [0.15, 0.2) is 29.5 Å². The first-order chi connectivity index (χ1) is 10.3. The lowest BCUT2D eigenvalue weighted by Crippen LogP contribution is -2.40. The minimum Gasteiger partial charge on any atom is -0.329 e. The molecule has 0 radical (unpaired) electrons. The number of rotatable bonds is 1. The molecule has 1 aliphatic carbocycles. The summed E-state index contributed by atoms with van der Waals surface area (Å²) in [5, 5.41) is 3.80. The molecule has 2 aliphatic rings. The highest BCUT2D eigenvalue weighted by molar-refractivity contribution is 6.42. The molecule has 0 saturated carbocycles. The maximum absolute atomic E-state index is 12.6. The number of benzene rings is 1. The molecule has 0 aromatic heterocycles. The molecule has 1 aromatic rings. The van der Waals surface area contributed by atoms with Crippen molar-refractivity contribution in [2.75, 3.05) is 0 Å². The van der Waals surface area contributed by atoms with Crippen molar-refractivity contribution >= 4 is 34.9 Å². The van der Waals surface area contributed by atoms with Crippen molar-refractivity contribution in [2.45, 2.75) is 39.0 Å². The summed E-state index contributed by atoms with van der Waals surface area (Å²) in [6.45, 7) is 4.09. The summed E-state index contributed by atoms with van der Waals surface area (Å²) in [5.74, 6) is -0.176. The molecule has 1 heterocycles. The molecule has 1 amide bonds. The molecule has 0 saturated heterocycles. The second-order valence-corrected chi connectivity index (χ2v) is 7.63. The average molecular weight is 338 g/mol. The van der Waals surface area contributed by atoms with Crippen molar-refractivity contribution in [1.82, 2.24) is 5.32 Å². The monoisotopic (exact) mass is 337 g/mol. The van der Waals surface area contributed by atoms with E-state index in [2.05, 4.69) is 5.32 Å². The quantitative estimate of drug-likeness (QED) is 0.832. The van der Waals surface area contributed by atoms with E-state index in [1.807, 2.05) is 19.9 Å². The first-order valence-electron chi connectivity index (χ1n) is 7.28. The molecular weight excluding hydrogens is 321 g/mol. The Morgan fingerprint density at radius 1 is 1.14 bits per heavy atom. The number of allylic oxidation sites excluding steroid dienone is 2. The van der Waals surface area contributed by atoms with E-state index < -0.39 is 0 Å². The Bertz CT molecular complexity index is 707. The van der Waals surface area contributed by atoms with Gasteiger partial charge in [-0.3, -0.25) is 9.59 Å². The Hall–Kier alpha value is -1.32. The standard InChI is InChI=1S/C17H17Cl2NO2/c1-17(2)7-13-16(14(21)8-17)10(6-15(22)20-13)9-3-4-11(18)12(19)5-9/h3-5,10H,6-8H2,1-2H3,(H,20,22). The normalized spacial score (nSPS) is 24.1. The zero-order valence-electron chi connectivity index (χ0n) is 12.5. The fraction of sp³-hybridized carbons (Fsp3) is 0.412. The van der Waals surface area contributed by atoms with Gasteiger partial charge in [0, 0.05) is 30.0 Å². The summed E-state index contributed by atoms with van der Waals surface area (Å²) in [7, 11) is 0. The van der Waals surface area contributed by atoms with Crippen molar-refractivity contribution in [1.29, 1.82) is 0 Å². The fourth-order valence-electron chi connectivity index (χ4n) is 3.37. The van der Waals surface area contributed by atoms with E-state index in [0.717, 1.165) is 16.8 Å². The van der Waals surface area contributed by atoms with Crippen molar-refractivity contribution < 1.29 is 9.59 Å². The van der Waals surface area contributed by atoms with Crippen LogP contribution in [0.1, 0.15) is 44.6 Å². The lowest BCUT2D eigenvalue weighted by molar-refractivity contribution is -0.122. The Morgan fingerprint density at radius 2 is 1.86 bits per heavy atom. The zero-order chi connectivity index (χ0) is 16.1. The van der Waals surface area contributed by atoms with Crippen LogP contribution in [0.5, 0.6) is 0 Å². The number of nitrogens with one attached hydrogen (secondary N) is 1. The number of Topliss-reactive ketones (excluding diaryl/α,β-unsaturated/α-hetero) is 1. The predicted octanol–water partition coefficient (Wildman–Crippen LogP) is 4.24. The van der Waals surface area contributed by atoms with Gasteiger partial charge in [0.1, 0.15) is 0 Å². The number of carbonyl (C=O) groups excluding carboxylic acids is 2. The highest BCUT2D eigenvalue weighted by Crippen LogP contribution is 2.44. The molecule has 5 heteroatoms. The molecule has 3 nitrogen and oxygen atoms in total. The topological polar surface area (TPSA) is 46.2 Å². The summed E-state index contributed by atoms with van der Waals surface area (Å²) in [5.41, 5.74) is 2.25. The van der Waals surface area contributed by atoms with Crippen molar-refractivity contribution in [2.24, 2.45) is 5.41 Å². The van der Waals surface area contributed by atoms with Crippen molar-refractivity contribution in [3.8, 4) is 0 Å². The third-order valence-corrected chi connectivity index (χ3v) is 5.03. The van der Waals surface area contributed by atoms with E-state index in [0.29, 0.717) is 22.9 Å². The van der Waals surface area contributed by atoms with E-state index in [4.69, 9.17) is 23.2 Å². The van der Waals surface area contributed by atoms with Crippen molar-refractivity contribution in [3.63, 3.8) is 0 Å². The summed E-state index contributed by atoms with van der Waals surface area (Å²) in [6.07, 6.45) is 1.47. The highest BCUT2D eigenvalue weighted by atomic mass is 35.5. The number of ketones is 1. The van der Waals surface area contributed by atoms with Crippen LogP contribution in [0.25, 0.3) is 0 Å². The lowest BCUT2D eigenvalue weighted by Gasteiger charge is -2.37. The van der Waals surface area contributed by atoms with Gasteiger partial charge in [0.25, 0.3) is 0 Å². The maximum Gasteiger partial charge on any atom is 0.225 e. The van der Waals surface area contributed by atoms with Crippen LogP contribution in [0.3, 0.4) is 0 Å². The van der Waals surface area contributed by atoms with Gasteiger partial charge in [0.2, 0.25) is 5.91 Å². The van der Waals surface area contributed by atoms with Gasteiger partial charge >= 0.3 is 0 Å².